The van der Waals surface area contributed by atoms with E-state index in [-0.39, 0.29) is 27.9 Å². The van der Waals surface area contributed by atoms with Crippen molar-refractivity contribution in [2.75, 3.05) is 0 Å². The van der Waals surface area contributed by atoms with E-state index in [1.807, 2.05) is 0 Å². The summed E-state index contributed by atoms with van der Waals surface area (Å²) in [6, 6.07) is 12.4. The molecule has 2 unspecified atom stereocenters. The van der Waals surface area contributed by atoms with E-state index < -0.39 is 29.2 Å². The largest absolute Gasteiger partial charge is 0.481 e. The molecule has 3 rings (SSSR count). The van der Waals surface area contributed by atoms with Gasteiger partial charge in [0.15, 0.2) is 5.60 Å². The van der Waals surface area contributed by atoms with E-state index in [0.717, 1.165) is 18.3 Å². The highest BCUT2D eigenvalue weighted by atomic mass is 35.5. The molecule has 0 spiro atoms. The molecule has 0 aliphatic carbocycles. The number of halogens is 5. The Kier molecular flexibility index (Phi) is 7.21. The summed E-state index contributed by atoms with van der Waals surface area (Å²) in [5, 5.41) is 19.4. The molecular formula is C23H18Cl2F3NO4. The summed E-state index contributed by atoms with van der Waals surface area (Å²) in [6.45, 7) is 1.21. The van der Waals surface area contributed by atoms with Gasteiger partial charge in [-0.05, 0) is 53.1 Å². The van der Waals surface area contributed by atoms with E-state index in [9.17, 15) is 23.1 Å². The van der Waals surface area contributed by atoms with Crippen molar-refractivity contribution in [3.63, 3.8) is 0 Å². The Morgan fingerprint density at radius 2 is 1.70 bits per heavy atom. The van der Waals surface area contributed by atoms with Crippen LogP contribution in [0, 0.1) is 0 Å². The van der Waals surface area contributed by atoms with Gasteiger partial charge in [0.2, 0.25) is 0 Å². The lowest BCUT2D eigenvalue weighted by Crippen LogP contribution is -2.46. The SMILES string of the molecule is CC(c1ccc(Oc2ccc(CC(=O)O)cc2)cc1Cl)C(O)(c1ccnc(Cl)c1)C(F)(F)F. The Balaban J connectivity index is 1.89. The third-order valence-corrected chi connectivity index (χ3v) is 5.71. The molecule has 3 aromatic rings. The molecule has 0 aliphatic heterocycles. The standard InChI is InChI=1S/C23H18Cl2F3NO4/c1-13(22(32,23(26,27)28)15-8-9-29-20(25)11-15)18-7-6-17(12-19(18)24)33-16-4-2-14(3-5-16)10-21(30)31/h2-9,11-13,32H,10H2,1H3,(H,30,31). The first-order chi connectivity index (χ1) is 15.4. The Labute approximate surface area is 197 Å². The van der Waals surface area contributed by atoms with Crippen LogP contribution >= 0.6 is 23.2 Å². The van der Waals surface area contributed by atoms with Gasteiger partial charge < -0.3 is 14.9 Å². The summed E-state index contributed by atoms with van der Waals surface area (Å²) in [7, 11) is 0. The van der Waals surface area contributed by atoms with Crippen molar-refractivity contribution in [1.29, 1.82) is 0 Å². The van der Waals surface area contributed by atoms with Crippen LogP contribution in [0.25, 0.3) is 0 Å². The minimum atomic E-state index is -5.03. The highest BCUT2D eigenvalue weighted by Crippen LogP contribution is 2.50. The van der Waals surface area contributed by atoms with Crippen LogP contribution in [0.5, 0.6) is 11.5 Å². The number of benzene rings is 2. The van der Waals surface area contributed by atoms with Crippen molar-refractivity contribution < 1.29 is 32.9 Å². The molecule has 2 atom stereocenters. The number of hydrogen-bond donors (Lipinski definition) is 2. The number of carboxylic acid groups (broad SMARTS) is 1. The van der Waals surface area contributed by atoms with Crippen molar-refractivity contribution in [1.82, 2.24) is 4.98 Å². The molecule has 2 aromatic carbocycles. The third kappa shape index (κ3) is 5.40. The first-order valence-corrected chi connectivity index (χ1v) is 10.4. The second-order valence-electron chi connectivity index (χ2n) is 7.35. The Morgan fingerprint density at radius 3 is 2.24 bits per heavy atom. The maximum atomic E-state index is 14.1. The van der Waals surface area contributed by atoms with Crippen LogP contribution in [0.4, 0.5) is 13.2 Å². The lowest BCUT2D eigenvalue weighted by atomic mass is 9.78. The van der Waals surface area contributed by atoms with Crippen molar-refractivity contribution in [3.05, 3.63) is 87.7 Å². The van der Waals surface area contributed by atoms with Crippen molar-refractivity contribution in [3.8, 4) is 11.5 Å². The predicted molar refractivity (Wildman–Crippen MR) is 117 cm³/mol. The van der Waals surface area contributed by atoms with Gasteiger partial charge in [-0.2, -0.15) is 13.2 Å². The Bertz CT molecular complexity index is 1160. The zero-order valence-corrected chi connectivity index (χ0v) is 18.6. The number of aromatic nitrogens is 1. The van der Waals surface area contributed by atoms with Crippen LogP contribution in [0.2, 0.25) is 10.2 Å². The van der Waals surface area contributed by atoms with E-state index in [1.165, 1.54) is 25.1 Å². The topological polar surface area (TPSA) is 79.7 Å². The van der Waals surface area contributed by atoms with Gasteiger partial charge in [0.25, 0.3) is 0 Å². The number of carbonyl (C=O) groups is 1. The number of ether oxygens (including phenoxy) is 1. The fourth-order valence-electron chi connectivity index (χ4n) is 3.43. The maximum Gasteiger partial charge on any atom is 0.422 e. The van der Waals surface area contributed by atoms with Gasteiger partial charge in [0, 0.05) is 17.1 Å². The lowest BCUT2D eigenvalue weighted by Gasteiger charge is -2.37. The number of hydrogen-bond acceptors (Lipinski definition) is 4. The highest BCUT2D eigenvalue weighted by Gasteiger charge is 2.59. The molecule has 1 aromatic heterocycles. The number of aliphatic carboxylic acids is 1. The normalized spacial score (nSPS) is 14.4. The molecular weight excluding hydrogens is 482 g/mol. The summed E-state index contributed by atoms with van der Waals surface area (Å²) in [6.07, 6.45) is -4.09. The zero-order valence-electron chi connectivity index (χ0n) is 17.1. The van der Waals surface area contributed by atoms with Gasteiger partial charge in [-0.15, -0.1) is 0 Å². The molecule has 0 fully saturated rings. The van der Waals surface area contributed by atoms with Gasteiger partial charge in [0.05, 0.1) is 6.42 Å². The first-order valence-electron chi connectivity index (χ1n) is 9.61. The average Bonchev–Trinajstić information content (AvgIpc) is 2.73. The molecule has 0 saturated heterocycles. The molecule has 0 bridgehead atoms. The zero-order chi connectivity index (χ0) is 24.4. The third-order valence-electron chi connectivity index (χ3n) is 5.18. The number of aliphatic hydroxyl groups is 1. The number of nitrogens with zero attached hydrogens (tertiary/aromatic N) is 1. The maximum absolute atomic E-state index is 14.1. The molecule has 174 valence electrons. The summed E-state index contributed by atoms with van der Waals surface area (Å²) in [5.41, 5.74) is -3.10. The summed E-state index contributed by atoms with van der Waals surface area (Å²) >= 11 is 12.0. The van der Waals surface area contributed by atoms with Crippen molar-refractivity contribution in [2.45, 2.75) is 31.0 Å². The quantitative estimate of drug-likeness (QED) is 0.369. The lowest BCUT2D eigenvalue weighted by molar-refractivity contribution is -0.274. The van der Waals surface area contributed by atoms with E-state index in [1.54, 1.807) is 24.3 Å². The summed E-state index contributed by atoms with van der Waals surface area (Å²) in [5.74, 6) is -1.82. The predicted octanol–water partition coefficient (Wildman–Crippen LogP) is 6.36. The van der Waals surface area contributed by atoms with Gasteiger partial charge in [0.1, 0.15) is 16.7 Å². The minimum absolute atomic E-state index is 0.0367. The Hall–Kier alpha value is -2.81. The first kappa shape index (κ1) is 24.8. The summed E-state index contributed by atoms with van der Waals surface area (Å²) in [4.78, 5) is 14.4. The molecule has 0 aliphatic rings. The van der Waals surface area contributed by atoms with Crippen LogP contribution < -0.4 is 4.74 Å². The second-order valence-corrected chi connectivity index (χ2v) is 8.15. The molecule has 1 heterocycles. The van der Waals surface area contributed by atoms with Gasteiger partial charge in [-0.1, -0.05) is 48.3 Å². The number of rotatable bonds is 7. The smallest absolute Gasteiger partial charge is 0.422 e. The van der Waals surface area contributed by atoms with Gasteiger partial charge in [-0.25, -0.2) is 4.98 Å². The van der Waals surface area contributed by atoms with Crippen molar-refractivity contribution in [2.24, 2.45) is 0 Å². The fourth-order valence-corrected chi connectivity index (χ4v) is 3.94. The molecule has 0 amide bonds. The number of carboxylic acids is 1. The molecule has 0 saturated carbocycles. The molecule has 2 N–H and O–H groups in total. The number of alkyl halides is 3. The van der Waals surface area contributed by atoms with Crippen LogP contribution in [-0.4, -0.2) is 27.3 Å². The van der Waals surface area contributed by atoms with Gasteiger partial charge in [-0.3, -0.25) is 4.79 Å². The summed E-state index contributed by atoms with van der Waals surface area (Å²) < 4.78 is 47.8. The molecule has 0 radical (unpaired) electrons. The van der Waals surface area contributed by atoms with Crippen LogP contribution in [0.1, 0.15) is 29.5 Å². The Morgan fingerprint density at radius 1 is 1.06 bits per heavy atom. The molecule has 10 heteroatoms. The fraction of sp³-hybridized carbons (Fsp3) is 0.217. The van der Waals surface area contributed by atoms with Crippen LogP contribution in [-0.2, 0) is 16.8 Å². The van der Waals surface area contributed by atoms with Gasteiger partial charge >= 0.3 is 12.1 Å². The molecule has 33 heavy (non-hydrogen) atoms. The second kappa shape index (κ2) is 9.59. The van der Waals surface area contributed by atoms with Crippen LogP contribution in [0.3, 0.4) is 0 Å². The molecule has 5 nitrogen and oxygen atoms in total. The van der Waals surface area contributed by atoms with E-state index in [4.69, 9.17) is 33.0 Å². The van der Waals surface area contributed by atoms with Crippen LogP contribution in [0.15, 0.2) is 60.8 Å². The number of pyridine rings is 1. The van der Waals surface area contributed by atoms with E-state index in [2.05, 4.69) is 4.98 Å². The highest BCUT2D eigenvalue weighted by molar-refractivity contribution is 6.31. The van der Waals surface area contributed by atoms with E-state index >= 15 is 0 Å². The average molecular weight is 500 g/mol. The van der Waals surface area contributed by atoms with E-state index in [0.29, 0.717) is 11.3 Å². The monoisotopic (exact) mass is 499 g/mol. The van der Waals surface area contributed by atoms with Crippen molar-refractivity contribution >= 4 is 29.2 Å². The minimum Gasteiger partial charge on any atom is -0.481 e.